The third-order valence-electron chi connectivity index (χ3n) is 4.61. The number of esters is 1. The number of ether oxygens (including phenoxy) is 2. The van der Waals surface area contributed by atoms with Crippen molar-refractivity contribution in [1.82, 2.24) is 0 Å². The lowest BCUT2D eigenvalue weighted by Gasteiger charge is -2.21. The highest BCUT2D eigenvalue weighted by atomic mass is 16.5. The maximum absolute atomic E-state index is 11.4. The minimum Gasteiger partial charge on any atom is -0.508 e. The van der Waals surface area contributed by atoms with E-state index in [-0.39, 0.29) is 12.1 Å². The number of hydrogen-bond acceptors (Lipinski definition) is 5. The molecule has 2 aromatic rings. The van der Waals surface area contributed by atoms with Crippen LogP contribution in [-0.2, 0) is 20.9 Å². The molecule has 0 aliphatic heterocycles. The second-order valence-electron chi connectivity index (χ2n) is 6.81. The molecule has 5 nitrogen and oxygen atoms in total. The van der Waals surface area contributed by atoms with Gasteiger partial charge in [-0.1, -0.05) is 36.8 Å². The molecule has 5 heteroatoms. The van der Waals surface area contributed by atoms with Crippen molar-refractivity contribution in [1.29, 1.82) is 0 Å². The fourth-order valence-corrected chi connectivity index (χ4v) is 3.29. The van der Waals surface area contributed by atoms with Crippen molar-refractivity contribution in [3.63, 3.8) is 0 Å². The lowest BCUT2D eigenvalue weighted by Crippen LogP contribution is -2.16. The van der Waals surface area contributed by atoms with Crippen LogP contribution in [0.3, 0.4) is 0 Å². The average Bonchev–Trinajstić information content (AvgIpc) is 3.22. The van der Waals surface area contributed by atoms with Gasteiger partial charge in [-0.05, 0) is 62.1 Å². The van der Waals surface area contributed by atoms with Gasteiger partial charge in [0, 0.05) is 5.92 Å². The lowest BCUT2D eigenvalue weighted by atomic mass is 9.95. The summed E-state index contributed by atoms with van der Waals surface area (Å²) in [6.45, 7) is 7.22. The number of carbonyl (C=O) groups is 2. The Bertz CT molecular complexity index is 759. The molecule has 0 bridgehead atoms. The van der Waals surface area contributed by atoms with E-state index in [9.17, 15) is 9.90 Å². The SMILES string of the molecule is C=CC.CC=O.COC(=O)c1ccc(COC2CCCC2c2ccc(O)cc2)cc1. The molecule has 0 heterocycles. The predicted octanol–water partition coefficient (Wildman–Crippen LogP) is 5.43. The Morgan fingerprint density at radius 2 is 1.67 bits per heavy atom. The first-order valence-electron chi connectivity index (χ1n) is 10.0. The summed E-state index contributed by atoms with van der Waals surface area (Å²) >= 11 is 0. The Hall–Kier alpha value is -2.92. The van der Waals surface area contributed by atoms with Crippen LogP contribution in [0.2, 0.25) is 0 Å². The monoisotopic (exact) mass is 412 g/mol. The molecule has 1 aliphatic carbocycles. The molecule has 162 valence electrons. The molecular weight excluding hydrogens is 380 g/mol. The number of methoxy groups -OCH3 is 1. The van der Waals surface area contributed by atoms with E-state index >= 15 is 0 Å². The highest BCUT2D eigenvalue weighted by molar-refractivity contribution is 5.89. The summed E-state index contributed by atoms with van der Waals surface area (Å²) in [6, 6.07) is 14.7. The molecule has 3 rings (SSSR count). The second kappa shape index (κ2) is 14.1. The van der Waals surface area contributed by atoms with Crippen molar-refractivity contribution < 1.29 is 24.2 Å². The van der Waals surface area contributed by atoms with Gasteiger partial charge in [0.2, 0.25) is 0 Å². The number of rotatable bonds is 5. The largest absolute Gasteiger partial charge is 0.508 e. The lowest BCUT2D eigenvalue weighted by molar-refractivity contribution is -0.106. The van der Waals surface area contributed by atoms with E-state index < -0.39 is 0 Å². The molecule has 1 saturated carbocycles. The molecule has 0 aromatic heterocycles. The zero-order valence-electron chi connectivity index (χ0n) is 18.0. The quantitative estimate of drug-likeness (QED) is 0.403. The predicted molar refractivity (Wildman–Crippen MR) is 119 cm³/mol. The Balaban J connectivity index is 0.000000672. The second-order valence-corrected chi connectivity index (χ2v) is 6.81. The van der Waals surface area contributed by atoms with Gasteiger partial charge in [0.05, 0.1) is 25.4 Å². The van der Waals surface area contributed by atoms with Crippen LogP contribution in [0.15, 0.2) is 61.2 Å². The van der Waals surface area contributed by atoms with Crippen molar-refractivity contribution in [3.05, 3.63) is 77.9 Å². The topological polar surface area (TPSA) is 72.8 Å². The van der Waals surface area contributed by atoms with Crippen LogP contribution >= 0.6 is 0 Å². The molecule has 0 spiro atoms. The van der Waals surface area contributed by atoms with E-state index in [1.807, 2.05) is 31.2 Å². The maximum Gasteiger partial charge on any atom is 0.337 e. The van der Waals surface area contributed by atoms with E-state index in [1.165, 1.54) is 19.6 Å². The van der Waals surface area contributed by atoms with Gasteiger partial charge in [0.15, 0.2) is 0 Å². The normalized spacial score (nSPS) is 16.9. The van der Waals surface area contributed by atoms with Gasteiger partial charge in [0.25, 0.3) is 0 Å². The van der Waals surface area contributed by atoms with Gasteiger partial charge in [-0.2, -0.15) is 0 Å². The number of carbonyl (C=O) groups excluding carboxylic acids is 2. The fraction of sp³-hybridized carbons (Fsp3) is 0.360. The Kier molecular flexibility index (Phi) is 11.8. The third-order valence-corrected chi connectivity index (χ3v) is 4.61. The molecule has 2 aromatic carbocycles. The number of phenolic OH excluding ortho intramolecular Hbond substituents is 1. The summed E-state index contributed by atoms with van der Waals surface area (Å²) in [5, 5.41) is 9.43. The molecule has 0 amide bonds. The zero-order valence-corrected chi connectivity index (χ0v) is 18.0. The molecule has 30 heavy (non-hydrogen) atoms. The van der Waals surface area contributed by atoms with Crippen molar-refractivity contribution in [2.75, 3.05) is 7.11 Å². The molecule has 2 atom stereocenters. The van der Waals surface area contributed by atoms with Crippen molar-refractivity contribution in [3.8, 4) is 5.75 Å². The summed E-state index contributed by atoms with van der Waals surface area (Å²) in [4.78, 5) is 20.2. The minimum absolute atomic E-state index is 0.190. The summed E-state index contributed by atoms with van der Waals surface area (Å²) < 4.78 is 10.8. The van der Waals surface area contributed by atoms with Gasteiger partial charge >= 0.3 is 5.97 Å². The number of phenols is 1. The Morgan fingerprint density at radius 1 is 1.10 bits per heavy atom. The van der Waals surface area contributed by atoms with Crippen molar-refractivity contribution in [2.24, 2.45) is 0 Å². The molecule has 1 fully saturated rings. The van der Waals surface area contributed by atoms with Crippen molar-refractivity contribution >= 4 is 12.3 Å². The summed E-state index contributed by atoms with van der Waals surface area (Å²) in [7, 11) is 1.38. The Labute approximate surface area is 179 Å². The van der Waals surface area contributed by atoms with Crippen LogP contribution in [0.25, 0.3) is 0 Å². The molecule has 1 aliphatic rings. The number of hydrogen-bond donors (Lipinski definition) is 1. The highest BCUT2D eigenvalue weighted by Gasteiger charge is 2.29. The number of benzene rings is 2. The van der Waals surface area contributed by atoms with E-state index in [4.69, 9.17) is 14.3 Å². The van der Waals surface area contributed by atoms with Crippen LogP contribution in [0.1, 0.15) is 60.5 Å². The fourth-order valence-electron chi connectivity index (χ4n) is 3.29. The Morgan fingerprint density at radius 3 is 2.20 bits per heavy atom. The average molecular weight is 413 g/mol. The smallest absolute Gasteiger partial charge is 0.337 e. The van der Waals surface area contributed by atoms with Gasteiger partial charge in [0.1, 0.15) is 12.0 Å². The maximum atomic E-state index is 11.4. The van der Waals surface area contributed by atoms with Crippen LogP contribution < -0.4 is 0 Å². The first kappa shape index (κ1) is 25.1. The molecular formula is C25H32O5. The first-order valence-corrected chi connectivity index (χ1v) is 10.0. The summed E-state index contributed by atoms with van der Waals surface area (Å²) in [5.41, 5.74) is 2.81. The first-order chi connectivity index (χ1) is 14.5. The van der Waals surface area contributed by atoms with Gasteiger partial charge < -0.3 is 19.4 Å². The van der Waals surface area contributed by atoms with Gasteiger partial charge in [-0.3, -0.25) is 0 Å². The molecule has 0 saturated heterocycles. The van der Waals surface area contributed by atoms with Crippen LogP contribution in [0, 0.1) is 0 Å². The van der Waals surface area contributed by atoms with Crippen molar-refractivity contribution in [2.45, 2.75) is 51.7 Å². The standard InChI is InChI=1S/C20H22O4.C3H6.C2H4O/c1-23-20(22)16-7-5-14(6-8-16)13-24-19-4-2-3-18(19)15-9-11-17(21)12-10-15;1-3-2;1-2-3/h5-12,18-19,21H,2-4,13H2,1H3;3H,1H2,2H3;2H,1H3. The molecule has 0 radical (unpaired) electrons. The third kappa shape index (κ3) is 8.21. The minimum atomic E-state index is -0.328. The van der Waals surface area contributed by atoms with Crippen LogP contribution in [0.5, 0.6) is 5.75 Å². The van der Waals surface area contributed by atoms with E-state index in [2.05, 4.69) is 6.58 Å². The van der Waals surface area contributed by atoms with Crippen LogP contribution in [-0.4, -0.2) is 30.6 Å². The zero-order chi connectivity index (χ0) is 22.4. The van der Waals surface area contributed by atoms with Crippen LogP contribution in [0.4, 0.5) is 0 Å². The number of aromatic hydroxyl groups is 1. The highest BCUT2D eigenvalue weighted by Crippen LogP contribution is 2.37. The summed E-state index contributed by atoms with van der Waals surface area (Å²) in [6.07, 6.45) is 6.00. The van der Waals surface area contributed by atoms with E-state index in [1.54, 1.807) is 30.3 Å². The number of aldehydes is 1. The summed E-state index contributed by atoms with van der Waals surface area (Å²) in [5.74, 6) is 0.338. The number of allylic oxidation sites excluding steroid dienone is 1. The van der Waals surface area contributed by atoms with Gasteiger partial charge in [-0.25, -0.2) is 4.79 Å². The van der Waals surface area contributed by atoms with Gasteiger partial charge in [-0.15, -0.1) is 6.58 Å². The van der Waals surface area contributed by atoms with E-state index in [0.29, 0.717) is 23.8 Å². The van der Waals surface area contributed by atoms with E-state index in [0.717, 1.165) is 31.1 Å². The molecule has 1 N–H and O–H groups in total. The molecule has 2 unspecified atom stereocenters.